The molecule has 32 heavy (non-hydrogen) atoms. The summed E-state index contributed by atoms with van der Waals surface area (Å²) >= 11 is 6.38. The minimum Gasteiger partial charge on any atom is -0.484 e. The summed E-state index contributed by atoms with van der Waals surface area (Å²) in [5, 5.41) is 3.41. The van der Waals surface area contributed by atoms with Gasteiger partial charge in [-0.2, -0.15) is 0 Å². The van der Waals surface area contributed by atoms with Gasteiger partial charge in [0, 0.05) is 24.5 Å². The molecule has 166 valence electrons. The van der Waals surface area contributed by atoms with Gasteiger partial charge in [0.15, 0.2) is 6.61 Å². The number of rotatable bonds is 10. The summed E-state index contributed by atoms with van der Waals surface area (Å²) < 4.78 is 5.70. The molecule has 0 saturated heterocycles. The van der Waals surface area contributed by atoms with Crippen molar-refractivity contribution < 1.29 is 14.3 Å². The van der Waals surface area contributed by atoms with E-state index in [1.54, 1.807) is 23.1 Å². The molecule has 1 atom stereocenters. The van der Waals surface area contributed by atoms with Crippen molar-refractivity contribution in [3.8, 4) is 5.75 Å². The molecule has 3 rings (SSSR count). The molecule has 0 aliphatic rings. The van der Waals surface area contributed by atoms with Crippen LogP contribution in [0, 0.1) is 0 Å². The van der Waals surface area contributed by atoms with Crippen molar-refractivity contribution in [2.24, 2.45) is 0 Å². The van der Waals surface area contributed by atoms with Crippen LogP contribution in [0.15, 0.2) is 84.9 Å². The van der Waals surface area contributed by atoms with Crippen molar-refractivity contribution >= 4 is 23.4 Å². The first-order valence-corrected chi connectivity index (χ1v) is 11.0. The number of likely N-dealkylation sites (N-methyl/N-ethyl adjacent to an activating group) is 1. The minimum absolute atomic E-state index is 0.181. The van der Waals surface area contributed by atoms with Crippen molar-refractivity contribution in [3.05, 3.63) is 101 Å². The number of carbonyl (C=O) groups excluding carboxylic acids is 2. The number of nitrogens with zero attached hydrogens (tertiary/aromatic N) is 1. The molecule has 0 saturated carbocycles. The second-order valence-corrected chi connectivity index (χ2v) is 7.72. The second-order valence-electron chi connectivity index (χ2n) is 7.31. The molecule has 0 radical (unpaired) electrons. The number of carbonyl (C=O) groups is 2. The van der Waals surface area contributed by atoms with Crippen LogP contribution < -0.4 is 10.1 Å². The molecule has 0 unspecified atom stereocenters. The lowest BCUT2D eigenvalue weighted by Gasteiger charge is -2.31. The lowest BCUT2D eigenvalue weighted by molar-refractivity contribution is -0.142. The van der Waals surface area contributed by atoms with Crippen LogP contribution in [0.4, 0.5) is 0 Å². The van der Waals surface area contributed by atoms with Gasteiger partial charge in [0.05, 0.1) is 0 Å². The van der Waals surface area contributed by atoms with E-state index < -0.39 is 6.04 Å². The quantitative estimate of drug-likeness (QED) is 0.495. The molecule has 3 aromatic carbocycles. The van der Waals surface area contributed by atoms with Gasteiger partial charge in [0.1, 0.15) is 11.8 Å². The Kier molecular flexibility index (Phi) is 8.70. The molecule has 3 aromatic rings. The van der Waals surface area contributed by atoms with Crippen LogP contribution in [-0.4, -0.2) is 35.9 Å². The Labute approximate surface area is 194 Å². The maximum absolute atomic E-state index is 13.4. The Morgan fingerprint density at radius 2 is 1.56 bits per heavy atom. The highest BCUT2D eigenvalue weighted by Crippen LogP contribution is 2.21. The van der Waals surface area contributed by atoms with Crippen molar-refractivity contribution in [1.82, 2.24) is 10.2 Å². The van der Waals surface area contributed by atoms with Crippen LogP contribution in [0.2, 0.25) is 5.02 Å². The summed E-state index contributed by atoms with van der Waals surface area (Å²) in [6, 6.07) is 25.4. The lowest BCUT2D eigenvalue weighted by atomic mass is 10.0. The van der Waals surface area contributed by atoms with Crippen molar-refractivity contribution in [2.45, 2.75) is 25.9 Å². The second kappa shape index (κ2) is 11.9. The van der Waals surface area contributed by atoms with E-state index in [0.717, 1.165) is 11.1 Å². The monoisotopic (exact) mass is 450 g/mol. The van der Waals surface area contributed by atoms with Gasteiger partial charge < -0.3 is 15.0 Å². The van der Waals surface area contributed by atoms with Gasteiger partial charge in [0.25, 0.3) is 5.91 Å². The first-order chi connectivity index (χ1) is 15.6. The molecule has 1 N–H and O–H groups in total. The van der Waals surface area contributed by atoms with Gasteiger partial charge in [-0.05, 0) is 36.2 Å². The van der Waals surface area contributed by atoms with E-state index in [4.69, 9.17) is 16.3 Å². The van der Waals surface area contributed by atoms with E-state index in [0.29, 0.717) is 23.7 Å². The largest absolute Gasteiger partial charge is 0.484 e. The summed E-state index contributed by atoms with van der Waals surface area (Å²) in [5.74, 6) is 0.0913. The topological polar surface area (TPSA) is 58.6 Å². The number of nitrogens with one attached hydrogen (secondary N) is 1. The molecule has 0 aromatic heterocycles. The van der Waals surface area contributed by atoms with Gasteiger partial charge in [0.2, 0.25) is 5.91 Å². The molecule has 0 fully saturated rings. The molecule has 2 amide bonds. The number of benzene rings is 3. The fraction of sp³-hybridized carbons (Fsp3) is 0.231. The summed E-state index contributed by atoms with van der Waals surface area (Å²) in [4.78, 5) is 28.0. The Morgan fingerprint density at radius 3 is 2.22 bits per heavy atom. The Bertz CT molecular complexity index is 1010. The van der Waals surface area contributed by atoms with Crippen molar-refractivity contribution in [3.63, 3.8) is 0 Å². The highest BCUT2D eigenvalue weighted by molar-refractivity contribution is 6.31. The molecular formula is C26H27ClN2O3. The van der Waals surface area contributed by atoms with Crippen LogP contribution in [0.1, 0.15) is 18.1 Å². The Morgan fingerprint density at radius 1 is 0.938 bits per heavy atom. The fourth-order valence-electron chi connectivity index (χ4n) is 3.40. The average molecular weight is 451 g/mol. The van der Waals surface area contributed by atoms with Gasteiger partial charge in [-0.3, -0.25) is 9.59 Å². The number of hydrogen-bond acceptors (Lipinski definition) is 3. The van der Waals surface area contributed by atoms with Gasteiger partial charge in [-0.15, -0.1) is 0 Å². The zero-order chi connectivity index (χ0) is 22.8. The van der Waals surface area contributed by atoms with Crippen molar-refractivity contribution in [1.29, 1.82) is 0 Å². The number of halogens is 1. The summed E-state index contributed by atoms with van der Waals surface area (Å²) in [7, 11) is 0. The minimum atomic E-state index is -0.708. The number of ether oxygens (including phenoxy) is 1. The van der Waals surface area contributed by atoms with Crippen molar-refractivity contribution in [2.75, 3.05) is 13.2 Å². The summed E-state index contributed by atoms with van der Waals surface area (Å²) in [6.07, 6.45) is 0.383. The molecular weight excluding hydrogens is 424 g/mol. The van der Waals surface area contributed by atoms with Crippen LogP contribution in [0.5, 0.6) is 5.75 Å². The molecule has 0 bridgehead atoms. The summed E-state index contributed by atoms with van der Waals surface area (Å²) in [6.45, 7) is 2.35. The average Bonchev–Trinajstić information content (AvgIpc) is 2.82. The van der Waals surface area contributed by atoms with Gasteiger partial charge in [-0.1, -0.05) is 78.3 Å². The standard InChI is InChI=1S/C26H27ClN2O3/c1-2-28-26(31)24(17-20-11-5-3-6-12-20)29(18-21-13-9-10-16-23(21)27)25(30)19-32-22-14-7-4-8-15-22/h3-16,24H,2,17-19H2,1H3,(H,28,31)/t24-/m1/s1. The van der Waals surface area contributed by atoms with E-state index in [1.807, 2.05) is 73.7 Å². The third-order valence-electron chi connectivity index (χ3n) is 5.03. The SMILES string of the molecule is CCNC(=O)[C@@H](Cc1ccccc1)N(Cc1ccccc1Cl)C(=O)COc1ccccc1. The molecule has 5 nitrogen and oxygen atoms in total. The smallest absolute Gasteiger partial charge is 0.261 e. The molecule has 0 aliphatic heterocycles. The predicted octanol–water partition coefficient (Wildman–Crippen LogP) is 4.50. The zero-order valence-corrected chi connectivity index (χ0v) is 18.8. The maximum atomic E-state index is 13.4. The van der Waals surface area contributed by atoms with E-state index in [1.165, 1.54) is 0 Å². The third-order valence-corrected chi connectivity index (χ3v) is 5.39. The summed E-state index contributed by atoms with van der Waals surface area (Å²) in [5.41, 5.74) is 1.73. The number of para-hydroxylation sites is 1. The molecule has 0 heterocycles. The first-order valence-electron chi connectivity index (χ1n) is 10.6. The van der Waals surface area contributed by atoms with Crippen LogP contribution >= 0.6 is 11.6 Å². The predicted molar refractivity (Wildman–Crippen MR) is 127 cm³/mol. The van der Waals surface area contributed by atoms with Crippen LogP contribution in [0.3, 0.4) is 0 Å². The van der Waals surface area contributed by atoms with Crippen LogP contribution in [-0.2, 0) is 22.6 Å². The lowest BCUT2D eigenvalue weighted by Crippen LogP contribution is -2.51. The van der Waals surface area contributed by atoms with E-state index in [-0.39, 0.29) is 25.0 Å². The van der Waals surface area contributed by atoms with E-state index in [9.17, 15) is 9.59 Å². The fourth-order valence-corrected chi connectivity index (χ4v) is 3.60. The molecule has 6 heteroatoms. The van der Waals surface area contributed by atoms with Crippen LogP contribution in [0.25, 0.3) is 0 Å². The van der Waals surface area contributed by atoms with Gasteiger partial charge in [-0.25, -0.2) is 0 Å². The number of amides is 2. The Balaban J connectivity index is 1.89. The van der Waals surface area contributed by atoms with E-state index in [2.05, 4.69) is 5.32 Å². The maximum Gasteiger partial charge on any atom is 0.261 e. The molecule has 0 spiro atoms. The third kappa shape index (κ3) is 6.59. The first kappa shape index (κ1) is 23.4. The van der Waals surface area contributed by atoms with Gasteiger partial charge >= 0.3 is 0 Å². The normalized spacial score (nSPS) is 11.4. The highest BCUT2D eigenvalue weighted by atomic mass is 35.5. The number of hydrogen-bond donors (Lipinski definition) is 1. The zero-order valence-electron chi connectivity index (χ0n) is 18.0. The highest BCUT2D eigenvalue weighted by Gasteiger charge is 2.30. The van der Waals surface area contributed by atoms with E-state index >= 15 is 0 Å². The Hall–Kier alpha value is -3.31. The molecule has 0 aliphatic carbocycles.